The van der Waals surface area contributed by atoms with Crippen LogP contribution in [0.5, 0.6) is 0 Å². The molecule has 0 fully saturated rings. The monoisotopic (exact) mass is 1140 g/mol. The van der Waals surface area contributed by atoms with Crippen LogP contribution in [-0.2, 0) is 5.41 Å². The summed E-state index contributed by atoms with van der Waals surface area (Å²) in [6.07, 6.45) is 0. The standard InChI is InChI=1S/C84H63BN4/c1-84(2,3)62-52-59(51-61(53-62)82-73-45-27-25-43-71(73)81(58-29-11-4-12-30-58)72-44-26-28-46-74(72)82)60-54-79-83-80(55-60)89(68-41-23-10-24-42-68)78-57-70(87(65-35-17-7-18-36-65)66-37-19-8-20-38-66)48-50-76(78)85(83)75-49-47-69(56-77(75)88(79)67-39-21-9-22-40-67)86(63-31-13-5-14-32-63)64-33-15-6-16-34-64/h4-57H,1-3H3. The zero-order chi connectivity index (χ0) is 59.6. The highest BCUT2D eigenvalue weighted by Gasteiger charge is 2.44. The van der Waals surface area contributed by atoms with Crippen molar-refractivity contribution < 1.29 is 0 Å². The molecule has 89 heavy (non-hydrogen) atoms. The van der Waals surface area contributed by atoms with Gasteiger partial charge >= 0.3 is 0 Å². The zero-order valence-electron chi connectivity index (χ0n) is 50.0. The van der Waals surface area contributed by atoms with E-state index in [-0.39, 0.29) is 12.1 Å². The van der Waals surface area contributed by atoms with E-state index in [1.165, 1.54) is 65.8 Å². The van der Waals surface area contributed by atoms with Gasteiger partial charge < -0.3 is 19.6 Å². The Hall–Kier alpha value is -11.1. The smallest absolute Gasteiger partial charge is 0.252 e. The number of fused-ring (bicyclic) bond motifs is 6. The Kier molecular flexibility index (Phi) is 13.2. The Bertz CT molecular complexity index is 4600. The summed E-state index contributed by atoms with van der Waals surface area (Å²) < 4.78 is 0. The van der Waals surface area contributed by atoms with E-state index in [1.54, 1.807) is 0 Å². The summed E-state index contributed by atoms with van der Waals surface area (Å²) in [4.78, 5) is 9.89. The van der Waals surface area contributed by atoms with Crippen molar-refractivity contribution in [3.05, 3.63) is 333 Å². The number of benzene rings is 14. The molecule has 0 aromatic heterocycles. The number of nitrogens with zero attached hydrogens (tertiary/aromatic N) is 4. The van der Waals surface area contributed by atoms with Crippen LogP contribution in [0.4, 0.5) is 68.2 Å². The molecule has 0 atom stereocenters. The molecule has 0 radical (unpaired) electrons. The first-order valence-electron chi connectivity index (χ1n) is 30.9. The van der Waals surface area contributed by atoms with Gasteiger partial charge in [0.1, 0.15) is 0 Å². The average molecular weight is 1140 g/mol. The largest absolute Gasteiger partial charge is 0.311 e. The lowest BCUT2D eigenvalue weighted by molar-refractivity contribution is 0.591. The number of para-hydroxylation sites is 6. The van der Waals surface area contributed by atoms with Gasteiger partial charge in [0.05, 0.1) is 0 Å². The molecular formula is C84H63BN4. The summed E-state index contributed by atoms with van der Waals surface area (Å²) in [6, 6.07) is 121. The maximum atomic E-state index is 2.55. The van der Waals surface area contributed by atoms with E-state index in [9.17, 15) is 0 Å². The quantitative estimate of drug-likeness (QED) is 0.0945. The second kappa shape index (κ2) is 22.0. The first-order chi connectivity index (χ1) is 43.8. The van der Waals surface area contributed by atoms with Gasteiger partial charge in [-0.3, -0.25) is 0 Å². The van der Waals surface area contributed by atoms with Crippen LogP contribution >= 0.6 is 0 Å². The van der Waals surface area contributed by atoms with Gasteiger partial charge in [0.25, 0.3) is 6.71 Å². The molecule has 14 aromatic carbocycles. The molecule has 0 saturated carbocycles. The molecule has 0 unspecified atom stereocenters. The molecule has 4 nitrogen and oxygen atoms in total. The van der Waals surface area contributed by atoms with E-state index in [4.69, 9.17) is 0 Å². The predicted octanol–water partition coefficient (Wildman–Crippen LogP) is 21.3. The summed E-state index contributed by atoms with van der Waals surface area (Å²) in [7, 11) is 0. The molecule has 0 amide bonds. The van der Waals surface area contributed by atoms with E-state index in [0.717, 1.165) is 79.4 Å². The number of anilines is 12. The third-order valence-corrected chi connectivity index (χ3v) is 18.1. The fourth-order valence-electron chi connectivity index (χ4n) is 14.1. The molecule has 16 rings (SSSR count). The van der Waals surface area contributed by atoms with Crippen LogP contribution in [0.1, 0.15) is 26.3 Å². The lowest BCUT2D eigenvalue weighted by Crippen LogP contribution is -2.61. The van der Waals surface area contributed by atoms with Crippen molar-refractivity contribution in [2.24, 2.45) is 0 Å². The topological polar surface area (TPSA) is 13.0 Å². The Balaban J connectivity index is 1.00. The lowest BCUT2D eigenvalue weighted by Gasteiger charge is -2.45. The highest BCUT2D eigenvalue weighted by atomic mass is 15.2. The molecule has 2 aliphatic rings. The van der Waals surface area contributed by atoms with Crippen molar-refractivity contribution in [1.29, 1.82) is 0 Å². The number of hydrogen-bond donors (Lipinski definition) is 0. The van der Waals surface area contributed by atoms with Gasteiger partial charge in [0.15, 0.2) is 0 Å². The molecule has 2 aliphatic heterocycles. The summed E-state index contributed by atoms with van der Waals surface area (Å²) >= 11 is 0. The van der Waals surface area contributed by atoms with Crippen LogP contribution in [0, 0.1) is 0 Å². The third-order valence-electron chi connectivity index (χ3n) is 18.1. The van der Waals surface area contributed by atoms with Gasteiger partial charge in [-0.1, -0.05) is 233 Å². The van der Waals surface area contributed by atoms with E-state index < -0.39 is 0 Å². The van der Waals surface area contributed by atoms with Crippen LogP contribution in [0.25, 0.3) is 54.9 Å². The van der Waals surface area contributed by atoms with E-state index in [1.807, 2.05) is 0 Å². The summed E-state index contributed by atoms with van der Waals surface area (Å²) in [6.45, 7) is 6.91. The van der Waals surface area contributed by atoms with Crippen LogP contribution in [0.3, 0.4) is 0 Å². The van der Waals surface area contributed by atoms with Crippen LogP contribution in [-0.4, -0.2) is 6.71 Å². The maximum Gasteiger partial charge on any atom is 0.252 e. The van der Waals surface area contributed by atoms with Gasteiger partial charge in [-0.25, -0.2) is 0 Å². The number of hydrogen-bond acceptors (Lipinski definition) is 4. The van der Waals surface area contributed by atoms with Crippen molar-refractivity contribution in [2.75, 3.05) is 19.6 Å². The summed E-state index contributed by atoms with van der Waals surface area (Å²) in [5.74, 6) is 0. The van der Waals surface area contributed by atoms with E-state index in [0.29, 0.717) is 0 Å². The Labute approximate surface area is 522 Å². The second-order valence-electron chi connectivity index (χ2n) is 24.5. The first kappa shape index (κ1) is 53.3. The molecular weight excluding hydrogens is 1080 g/mol. The zero-order valence-corrected chi connectivity index (χ0v) is 50.0. The molecule has 0 saturated heterocycles. The highest BCUT2D eigenvalue weighted by Crippen LogP contribution is 2.51. The first-order valence-corrected chi connectivity index (χ1v) is 30.9. The van der Waals surface area contributed by atoms with Crippen LogP contribution in [0.2, 0.25) is 0 Å². The van der Waals surface area contributed by atoms with Crippen molar-refractivity contribution in [1.82, 2.24) is 0 Å². The van der Waals surface area contributed by atoms with Gasteiger partial charge in [-0.05, 0) is 198 Å². The summed E-state index contributed by atoms with van der Waals surface area (Å²) in [5, 5.41) is 4.94. The minimum Gasteiger partial charge on any atom is -0.311 e. The lowest BCUT2D eigenvalue weighted by atomic mass is 9.33. The Morgan fingerprint density at radius 2 is 0.596 bits per heavy atom. The average Bonchev–Trinajstić information content (AvgIpc) is 0.748. The SMILES string of the molecule is CC(C)(C)c1cc(-c2cc3c4c(c2)N(c2ccccc2)c2cc(N(c5ccccc5)c5ccccc5)ccc2B4c2ccc(N(c4ccccc4)c4ccccc4)cc2N3c2ccccc2)cc(-c2c3ccccc3c(-c3ccccc3)c3ccccc23)c1. The summed E-state index contributed by atoms with van der Waals surface area (Å²) in [5.41, 5.74) is 25.2. The molecule has 5 heteroatoms. The normalized spacial score (nSPS) is 12.4. The Morgan fingerprint density at radius 3 is 0.978 bits per heavy atom. The van der Waals surface area contributed by atoms with Gasteiger partial charge in [-0.15, -0.1) is 0 Å². The van der Waals surface area contributed by atoms with Gasteiger partial charge in [-0.2, -0.15) is 0 Å². The van der Waals surface area contributed by atoms with Crippen molar-refractivity contribution in [3.63, 3.8) is 0 Å². The van der Waals surface area contributed by atoms with Crippen LogP contribution in [0.15, 0.2) is 328 Å². The fraction of sp³-hybridized carbons (Fsp3) is 0.0476. The third kappa shape index (κ3) is 9.33. The minimum absolute atomic E-state index is 0.150. The predicted molar refractivity (Wildman–Crippen MR) is 380 cm³/mol. The molecule has 0 aliphatic carbocycles. The molecule has 0 spiro atoms. The molecule has 14 aromatic rings. The fourth-order valence-corrected chi connectivity index (χ4v) is 14.1. The van der Waals surface area contributed by atoms with E-state index >= 15 is 0 Å². The van der Waals surface area contributed by atoms with Crippen LogP contribution < -0.4 is 36.0 Å². The second-order valence-corrected chi connectivity index (χ2v) is 24.5. The minimum atomic E-state index is -0.197. The number of rotatable bonds is 11. The maximum absolute atomic E-state index is 2.55. The molecule has 0 bridgehead atoms. The highest BCUT2D eigenvalue weighted by molar-refractivity contribution is 7.00. The molecule has 422 valence electrons. The van der Waals surface area contributed by atoms with E-state index in [2.05, 4.69) is 368 Å². The van der Waals surface area contributed by atoms with Gasteiger partial charge in [0.2, 0.25) is 0 Å². The molecule has 0 N–H and O–H groups in total. The molecule has 2 heterocycles. The van der Waals surface area contributed by atoms with Crippen molar-refractivity contribution >= 4 is 113 Å². The van der Waals surface area contributed by atoms with Gasteiger partial charge in [0, 0.05) is 68.2 Å². The van der Waals surface area contributed by atoms with Crippen molar-refractivity contribution in [3.8, 4) is 33.4 Å². The van der Waals surface area contributed by atoms with Crippen molar-refractivity contribution in [2.45, 2.75) is 26.2 Å². The Morgan fingerprint density at radius 1 is 0.270 bits per heavy atom.